The summed E-state index contributed by atoms with van der Waals surface area (Å²) in [6, 6.07) is 10.3. The van der Waals surface area contributed by atoms with Gasteiger partial charge >= 0.3 is 0 Å². The number of methoxy groups -OCH3 is 1. The summed E-state index contributed by atoms with van der Waals surface area (Å²) in [5, 5.41) is 12.9. The SMILES string of the molecule is CCCNC(=O)c1cccc(-c2cn3c(=O)c(=Cc4cc(Cl)c(O)c(OC)c4)sc3n2)c1. The molecule has 0 fully saturated rings. The predicted molar refractivity (Wildman–Crippen MR) is 126 cm³/mol. The van der Waals surface area contributed by atoms with Crippen molar-refractivity contribution in [1.82, 2.24) is 14.7 Å². The number of phenolic OH excluding ortho intramolecular Hbond substituents is 1. The largest absolute Gasteiger partial charge is 0.503 e. The summed E-state index contributed by atoms with van der Waals surface area (Å²) in [5.74, 6) is -0.0633. The quantitative estimate of drug-likeness (QED) is 0.451. The molecule has 2 aromatic carbocycles. The summed E-state index contributed by atoms with van der Waals surface area (Å²) in [7, 11) is 1.43. The maximum atomic E-state index is 12.9. The van der Waals surface area contributed by atoms with E-state index in [-0.39, 0.29) is 28.0 Å². The van der Waals surface area contributed by atoms with E-state index in [9.17, 15) is 14.7 Å². The average molecular weight is 470 g/mol. The first-order valence-corrected chi connectivity index (χ1v) is 11.1. The van der Waals surface area contributed by atoms with Gasteiger partial charge in [0, 0.05) is 23.9 Å². The van der Waals surface area contributed by atoms with E-state index < -0.39 is 0 Å². The number of fused-ring (bicyclic) bond motifs is 1. The molecule has 0 unspecified atom stereocenters. The Morgan fingerprint density at radius 1 is 1.34 bits per heavy atom. The van der Waals surface area contributed by atoms with Crippen molar-refractivity contribution in [1.29, 1.82) is 0 Å². The van der Waals surface area contributed by atoms with E-state index in [4.69, 9.17) is 16.3 Å². The number of thiazole rings is 1. The molecule has 0 atom stereocenters. The minimum Gasteiger partial charge on any atom is -0.503 e. The highest BCUT2D eigenvalue weighted by atomic mass is 35.5. The molecule has 32 heavy (non-hydrogen) atoms. The molecule has 9 heteroatoms. The van der Waals surface area contributed by atoms with Gasteiger partial charge in [-0.2, -0.15) is 0 Å². The van der Waals surface area contributed by atoms with E-state index in [1.54, 1.807) is 42.6 Å². The molecule has 0 spiro atoms. The lowest BCUT2D eigenvalue weighted by atomic mass is 10.1. The van der Waals surface area contributed by atoms with E-state index in [1.807, 2.05) is 13.0 Å². The fourth-order valence-electron chi connectivity index (χ4n) is 3.22. The molecule has 0 aliphatic heterocycles. The molecule has 0 aliphatic rings. The zero-order valence-electron chi connectivity index (χ0n) is 17.4. The van der Waals surface area contributed by atoms with Gasteiger partial charge in [0.25, 0.3) is 11.5 Å². The Bertz CT molecular complexity index is 1430. The van der Waals surface area contributed by atoms with E-state index in [0.717, 1.165) is 12.0 Å². The van der Waals surface area contributed by atoms with E-state index in [1.165, 1.54) is 22.8 Å². The molecular formula is C23H20ClN3O4S. The van der Waals surface area contributed by atoms with E-state index in [0.29, 0.717) is 32.9 Å². The molecule has 4 aromatic rings. The van der Waals surface area contributed by atoms with Crippen molar-refractivity contribution < 1.29 is 14.6 Å². The Hall–Kier alpha value is -3.36. The Morgan fingerprint density at radius 3 is 2.88 bits per heavy atom. The van der Waals surface area contributed by atoms with Crippen LogP contribution in [0.1, 0.15) is 29.3 Å². The van der Waals surface area contributed by atoms with Crippen LogP contribution in [0.5, 0.6) is 11.5 Å². The Labute approximate surface area is 192 Å². The lowest BCUT2D eigenvalue weighted by molar-refractivity contribution is 0.0953. The zero-order chi connectivity index (χ0) is 22.8. The number of hydrogen-bond acceptors (Lipinski definition) is 6. The molecule has 7 nitrogen and oxygen atoms in total. The summed E-state index contributed by atoms with van der Waals surface area (Å²) in [6.45, 7) is 2.60. The summed E-state index contributed by atoms with van der Waals surface area (Å²) in [5.41, 5.74) is 2.31. The average Bonchev–Trinajstić information content (AvgIpc) is 3.34. The lowest BCUT2D eigenvalue weighted by Gasteiger charge is -2.05. The number of carbonyl (C=O) groups excluding carboxylic acids is 1. The van der Waals surface area contributed by atoms with E-state index >= 15 is 0 Å². The van der Waals surface area contributed by atoms with Gasteiger partial charge in [-0.25, -0.2) is 4.98 Å². The number of phenols is 1. The highest BCUT2D eigenvalue weighted by molar-refractivity contribution is 7.15. The third-order valence-corrected chi connectivity index (χ3v) is 6.10. The molecule has 164 valence electrons. The Morgan fingerprint density at radius 2 is 2.16 bits per heavy atom. The van der Waals surface area contributed by atoms with Crippen LogP contribution in [0.2, 0.25) is 5.02 Å². The highest BCUT2D eigenvalue weighted by Crippen LogP contribution is 2.35. The number of benzene rings is 2. The summed E-state index contributed by atoms with van der Waals surface area (Å²) in [6.07, 6.45) is 4.20. The number of nitrogens with one attached hydrogen (secondary N) is 1. The van der Waals surface area contributed by atoms with Crippen molar-refractivity contribution in [2.24, 2.45) is 0 Å². The smallest absolute Gasteiger partial charge is 0.274 e. The van der Waals surface area contributed by atoms with Crippen LogP contribution in [0.25, 0.3) is 22.3 Å². The molecule has 2 N–H and O–H groups in total. The molecular weight excluding hydrogens is 450 g/mol. The van der Waals surface area contributed by atoms with Gasteiger partial charge in [-0.15, -0.1) is 0 Å². The number of hydrogen-bond donors (Lipinski definition) is 2. The van der Waals surface area contributed by atoms with Gasteiger partial charge in [0.2, 0.25) is 0 Å². The second-order valence-corrected chi connectivity index (χ2v) is 8.50. The molecule has 0 bridgehead atoms. The van der Waals surface area contributed by atoms with Gasteiger partial charge < -0.3 is 15.2 Å². The first-order chi connectivity index (χ1) is 15.4. The number of aromatic nitrogens is 2. The zero-order valence-corrected chi connectivity index (χ0v) is 19.0. The number of amides is 1. The number of imidazole rings is 1. The number of nitrogens with zero attached hydrogens (tertiary/aromatic N) is 2. The maximum Gasteiger partial charge on any atom is 0.274 e. The number of rotatable bonds is 6. The van der Waals surface area contributed by atoms with Gasteiger partial charge in [0.05, 0.1) is 22.4 Å². The van der Waals surface area contributed by atoms with Crippen LogP contribution < -0.4 is 20.1 Å². The van der Waals surface area contributed by atoms with Gasteiger partial charge in [-0.05, 0) is 42.3 Å². The standard InChI is InChI=1S/C23H20ClN3O4S/c1-3-7-25-21(29)15-6-4-5-14(11-15)17-12-27-22(30)19(32-23(27)26-17)10-13-8-16(24)20(28)18(9-13)31-2/h4-6,8-12,28H,3,7H2,1-2H3,(H,25,29). The van der Waals surface area contributed by atoms with Crippen molar-refractivity contribution in [2.75, 3.05) is 13.7 Å². The van der Waals surface area contributed by atoms with Gasteiger partial charge in [-0.3, -0.25) is 14.0 Å². The number of halogens is 1. The summed E-state index contributed by atoms with van der Waals surface area (Å²) in [4.78, 5) is 30.3. The fraction of sp³-hybridized carbons (Fsp3) is 0.174. The molecule has 0 aliphatic carbocycles. The predicted octanol–water partition coefficient (Wildman–Crippen LogP) is 3.48. The molecule has 2 aromatic heterocycles. The van der Waals surface area contributed by atoms with Crippen LogP contribution in [0, 0.1) is 0 Å². The van der Waals surface area contributed by atoms with Gasteiger partial charge in [0.15, 0.2) is 16.5 Å². The number of ether oxygens (including phenoxy) is 1. The maximum absolute atomic E-state index is 12.9. The lowest BCUT2D eigenvalue weighted by Crippen LogP contribution is -2.23. The molecule has 0 radical (unpaired) electrons. The van der Waals surface area contributed by atoms with Crippen LogP contribution >= 0.6 is 22.9 Å². The van der Waals surface area contributed by atoms with Crippen molar-refractivity contribution in [2.45, 2.75) is 13.3 Å². The summed E-state index contributed by atoms with van der Waals surface area (Å²) >= 11 is 7.28. The normalized spacial score (nSPS) is 11.8. The fourth-order valence-corrected chi connectivity index (χ4v) is 4.39. The third-order valence-electron chi connectivity index (χ3n) is 4.83. The molecule has 2 heterocycles. The molecule has 1 amide bonds. The van der Waals surface area contributed by atoms with Crippen molar-refractivity contribution >= 4 is 39.9 Å². The van der Waals surface area contributed by atoms with Gasteiger partial charge in [0.1, 0.15) is 0 Å². The molecule has 0 saturated carbocycles. The first kappa shape index (κ1) is 21.9. The topological polar surface area (TPSA) is 92.9 Å². The highest BCUT2D eigenvalue weighted by Gasteiger charge is 2.13. The van der Waals surface area contributed by atoms with Crippen LogP contribution in [0.3, 0.4) is 0 Å². The minimum absolute atomic E-state index is 0.134. The summed E-state index contributed by atoms with van der Waals surface area (Å²) < 4.78 is 7.07. The minimum atomic E-state index is -0.219. The van der Waals surface area contributed by atoms with Crippen LogP contribution in [-0.2, 0) is 0 Å². The van der Waals surface area contributed by atoms with Crippen LogP contribution in [0.4, 0.5) is 0 Å². The number of aromatic hydroxyl groups is 1. The molecule has 0 saturated heterocycles. The first-order valence-electron chi connectivity index (χ1n) is 9.90. The Kier molecular flexibility index (Phi) is 6.16. The van der Waals surface area contributed by atoms with Crippen molar-refractivity contribution in [3.05, 3.63) is 73.6 Å². The van der Waals surface area contributed by atoms with Crippen LogP contribution in [-0.4, -0.2) is 34.1 Å². The second-order valence-electron chi connectivity index (χ2n) is 7.08. The number of carbonyl (C=O) groups is 1. The third kappa shape index (κ3) is 4.19. The second kappa shape index (κ2) is 9.02. The molecule has 4 rings (SSSR count). The monoisotopic (exact) mass is 469 g/mol. The van der Waals surface area contributed by atoms with Gasteiger partial charge in [-0.1, -0.05) is 42.0 Å². The van der Waals surface area contributed by atoms with E-state index in [2.05, 4.69) is 10.3 Å². The Balaban J connectivity index is 1.70. The van der Waals surface area contributed by atoms with Crippen molar-refractivity contribution in [3.63, 3.8) is 0 Å². The van der Waals surface area contributed by atoms with Crippen molar-refractivity contribution in [3.8, 4) is 22.8 Å². The van der Waals surface area contributed by atoms with Crippen LogP contribution in [0.15, 0.2) is 47.4 Å².